The number of hydrogen-bond acceptors (Lipinski definition) is 6. The van der Waals surface area contributed by atoms with Crippen LogP contribution in [-0.4, -0.2) is 28.8 Å². The minimum atomic E-state index is -1.28. The molecule has 1 aliphatic rings. The number of benzene rings is 2. The molecule has 0 radical (unpaired) electrons. The predicted octanol–water partition coefficient (Wildman–Crippen LogP) is 2.99. The van der Waals surface area contributed by atoms with Crippen LogP contribution in [0.15, 0.2) is 46.9 Å². The van der Waals surface area contributed by atoms with Crippen LogP contribution >= 0.6 is 0 Å². The maximum atomic E-state index is 12.4. The summed E-state index contributed by atoms with van der Waals surface area (Å²) < 4.78 is 18.6. The fourth-order valence-corrected chi connectivity index (χ4v) is 5.88. The summed E-state index contributed by atoms with van der Waals surface area (Å²) in [6, 6.07) is 13.0. The first-order valence-corrected chi connectivity index (χ1v) is 12.4. The van der Waals surface area contributed by atoms with Gasteiger partial charge in [0.15, 0.2) is 5.76 Å². The zero-order chi connectivity index (χ0) is 25.8. The van der Waals surface area contributed by atoms with Gasteiger partial charge in [-0.15, -0.1) is 0 Å². The molecule has 37 heavy (non-hydrogen) atoms. The van der Waals surface area contributed by atoms with Crippen molar-refractivity contribution >= 4 is 27.8 Å². The molecule has 0 aliphatic carbocycles. The van der Waals surface area contributed by atoms with E-state index in [2.05, 4.69) is 27.7 Å². The van der Waals surface area contributed by atoms with E-state index >= 15 is 0 Å². The molecule has 0 amide bonds. The molecule has 1 fully saturated rings. The molecule has 2 aromatic carbocycles. The van der Waals surface area contributed by atoms with E-state index in [1.807, 2.05) is 50.2 Å². The van der Waals surface area contributed by atoms with Gasteiger partial charge in [0.25, 0.3) is 0 Å². The number of carbonyl (C=O) groups excluding carboxylic acids is 1. The third-order valence-corrected chi connectivity index (χ3v) is 7.01. The summed E-state index contributed by atoms with van der Waals surface area (Å²) in [5.74, 6) is 0.0494. The normalized spacial score (nSPS) is 17.0. The maximum Gasteiger partial charge on any atom is 1.00 e. The summed E-state index contributed by atoms with van der Waals surface area (Å²) in [7, 11) is 0. The van der Waals surface area contributed by atoms with Crippen molar-refractivity contribution in [3.8, 4) is 17.2 Å². The van der Waals surface area contributed by atoms with E-state index < -0.39 is 5.97 Å². The van der Waals surface area contributed by atoms with Crippen molar-refractivity contribution in [3.05, 3.63) is 59.2 Å². The Balaban J connectivity index is 0.00000320. The van der Waals surface area contributed by atoms with Crippen molar-refractivity contribution < 1.29 is 53.3 Å². The van der Waals surface area contributed by atoms with Crippen LogP contribution in [-0.2, 0) is 4.74 Å². The van der Waals surface area contributed by atoms with Crippen molar-refractivity contribution in [1.82, 2.24) is 4.98 Å². The van der Waals surface area contributed by atoms with E-state index in [-0.39, 0.29) is 52.2 Å². The molecule has 0 N–H and O–H groups in total. The second-order valence-corrected chi connectivity index (χ2v) is 11.2. The van der Waals surface area contributed by atoms with E-state index in [9.17, 15) is 9.90 Å². The Labute approximate surface area is 239 Å². The molecular formula is C30H32NNaO5. The summed E-state index contributed by atoms with van der Waals surface area (Å²) in [6.45, 7) is 12.7. The summed E-state index contributed by atoms with van der Waals surface area (Å²) in [6.07, 6.45) is 1.72. The maximum absolute atomic E-state index is 12.4. The molecule has 1 saturated heterocycles. The Hall–Kier alpha value is -2.38. The van der Waals surface area contributed by atoms with Crippen molar-refractivity contribution in [3.63, 3.8) is 0 Å². The molecule has 0 spiro atoms. The Bertz CT molecular complexity index is 1470. The molecule has 0 bridgehead atoms. The molecule has 2 aromatic heterocycles. The number of aryl methyl sites for hydroxylation is 2. The van der Waals surface area contributed by atoms with Crippen LogP contribution in [0.3, 0.4) is 0 Å². The second-order valence-electron chi connectivity index (χ2n) is 11.2. The van der Waals surface area contributed by atoms with Crippen LogP contribution in [0.1, 0.15) is 62.0 Å². The number of rotatable bonds is 5. The first-order chi connectivity index (χ1) is 16.9. The zero-order valence-corrected chi connectivity index (χ0v) is 24.7. The van der Waals surface area contributed by atoms with Crippen molar-refractivity contribution in [2.24, 2.45) is 5.92 Å². The van der Waals surface area contributed by atoms with Gasteiger partial charge in [-0.25, -0.2) is 4.98 Å². The van der Waals surface area contributed by atoms with E-state index in [4.69, 9.17) is 18.9 Å². The van der Waals surface area contributed by atoms with Crippen LogP contribution in [0.2, 0.25) is 0 Å². The molecule has 5 rings (SSSR count). The van der Waals surface area contributed by atoms with Gasteiger partial charge in [-0.3, -0.25) is 0 Å². The van der Waals surface area contributed by atoms with Crippen molar-refractivity contribution in [1.29, 1.82) is 0 Å². The van der Waals surface area contributed by atoms with Crippen LogP contribution in [0.25, 0.3) is 33.3 Å². The molecule has 3 heterocycles. The molecule has 7 heteroatoms. The van der Waals surface area contributed by atoms with Gasteiger partial charge < -0.3 is 23.8 Å². The number of carboxylic acid groups (broad SMARTS) is 1. The smallest absolute Gasteiger partial charge is 0.545 e. The number of fused-ring (bicyclic) bond motifs is 2. The molecule has 4 aromatic rings. The summed E-state index contributed by atoms with van der Waals surface area (Å²) in [5.41, 5.74) is 3.07. The molecular weight excluding hydrogens is 477 g/mol. The number of pyridine rings is 1. The summed E-state index contributed by atoms with van der Waals surface area (Å²) in [4.78, 5) is 17.2. The van der Waals surface area contributed by atoms with E-state index in [0.29, 0.717) is 34.7 Å². The monoisotopic (exact) mass is 509 g/mol. The fraction of sp³-hybridized carbons (Fsp3) is 0.400. The molecule has 0 saturated carbocycles. The third-order valence-electron chi connectivity index (χ3n) is 7.01. The average molecular weight is 510 g/mol. The van der Waals surface area contributed by atoms with Crippen LogP contribution in [0.4, 0.5) is 0 Å². The van der Waals surface area contributed by atoms with Gasteiger partial charge in [0.1, 0.15) is 17.0 Å². The number of hydrogen-bond donors (Lipinski definition) is 0. The summed E-state index contributed by atoms with van der Waals surface area (Å²) >= 11 is 0. The molecule has 6 nitrogen and oxygen atoms in total. The minimum absolute atomic E-state index is 0. The SMILES string of the molecule is Cc1c(-c2cc(C(=O)[O-])c3c(OCC4CC(C)(C)OC(C)(C)C4)ccc(C)c3n2)oc2ccccc12.[Na+]. The van der Waals surface area contributed by atoms with Gasteiger partial charge in [0, 0.05) is 16.5 Å². The number of carbonyl (C=O) groups is 1. The van der Waals surface area contributed by atoms with Gasteiger partial charge in [-0.05, 0) is 84.1 Å². The van der Waals surface area contributed by atoms with Crippen molar-refractivity contribution in [2.75, 3.05) is 6.61 Å². The number of carboxylic acids is 1. The van der Waals surface area contributed by atoms with Gasteiger partial charge >= 0.3 is 29.6 Å². The number of nitrogens with zero attached hydrogens (tertiary/aromatic N) is 1. The van der Waals surface area contributed by atoms with Crippen LogP contribution in [0.5, 0.6) is 5.75 Å². The van der Waals surface area contributed by atoms with Crippen LogP contribution in [0, 0.1) is 19.8 Å². The Morgan fingerprint density at radius 2 is 1.76 bits per heavy atom. The number of aromatic nitrogens is 1. The van der Waals surface area contributed by atoms with Gasteiger partial charge in [0.2, 0.25) is 0 Å². The fourth-order valence-electron chi connectivity index (χ4n) is 5.88. The number of aromatic carboxylic acids is 1. The molecule has 0 atom stereocenters. The standard InChI is InChI=1S/C30H33NO5.Na/c1-17-11-12-24(34-16-19-14-29(3,4)36-30(5,6)15-19)25-21(28(32)33)13-22(31-26(17)25)27-18(2)20-9-7-8-10-23(20)35-27;/h7-13,19H,14-16H2,1-6H3,(H,32,33);/q;+1/p-1. The van der Waals surface area contributed by atoms with Crippen LogP contribution < -0.4 is 39.4 Å². The quantitative estimate of drug-likeness (QED) is 0.385. The van der Waals surface area contributed by atoms with E-state index in [1.165, 1.54) is 6.07 Å². The van der Waals surface area contributed by atoms with E-state index in [1.54, 1.807) is 0 Å². The number of ether oxygens (including phenoxy) is 2. The number of furan rings is 1. The van der Waals surface area contributed by atoms with E-state index in [0.717, 1.165) is 34.9 Å². The Morgan fingerprint density at radius 3 is 2.41 bits per heavy atom. The zero-order valence-electron chi connectivity index (χ0n) is 22.7. The molecule has 1 aliphatic heterocycles. The summed E-state index contributed by atoms with van der Waals surface area (Å²) in [5, 5.41) is 13.8. The minimum Gasteiger partial charge on any atom is -0.545 e. The second kappa shape index (κ2) is 10.1. The molecule has 0 unspecified atom stereocenters. The molecule has 188 valence electrons. The average Bonchev–Trinajstić information content (AvgIpc) is 3.13. The first kappa shape index (κ1) is 27.6. The number of para-hydroxylation sites is 1. The topological polar surface area (TPSA) is 84.6 Å². The first-order valence-electron chi connectivity index (χ1n) is 12.4. The third kappa shape index (κ3) is 5.44. The Morgan fingerprint density at radius 1 is 1.08 bits per heavy atom. The predicted molar refractivity (Wildman–Crippen MR) is 138 cm³/mol. The van der Waals surface area contributed by atoms with Gasteiger partial charge in [-0.2, -0.15) is 0 Å². The Kier molecular flexibility index (Phi) is 7.52. The van der Waals surface area contributed by atoms with Gasteiger partial charge in [-0.1, -0.05) is 24.3 Å². The largest absolute Gasteiger partial charge is 1.00 e. The van der Waals surface area contributed by atoms with Gasteiger partial charge in [0.05, 0.1) is 34.7 Å². The van der Waals surface area contributed by atoms with Crippen molar-refractivity contribution in [2.45, 2.75) is 65.6 Å².